The molecular formula is C22H13Br2ClFN3O2. The van der Waals surface area contributed by atoms with Crippen molar-refractivity contribution >= 4 is 55.6 Å². The zero-order valence-corrected chi connectivity index (χ0v) is 19.6. The van der Waals surface area contributed by atoms with Crippen LogP contribution in [0.3, 0.4) is 0 Å². The highest BCUT2D eigenvalue weighted by atomic mass is 79.9. The summed E-state index contributed by atoms with van der Waals surface area (Å²) in [4.78, 5) is 12.1. The van der Waals surface area contributed by atoms with E-state index in [1.807, 2.05) is 18.2 Å². The van der Waals surface area contributed by atoms with Gasteiger partial charge in [0.25, 0.3) is 5.91 Å². The average molecular weight is 566 g/mol. The highest BCUT2D eigenvalue weighted by Gasteiger charge is 2.12. The van der Waals surface area contributed by atoms with Gasteiger partial charge in [-0.1, -0.05) is 23.7 Å². The molecule has 3 aromatic carbocycles. The summed E-state index contributed by atoms with van der Waals surface area (Å²) in [5.74, 6) is -0.908. The normalized spacial score (nSPS) is 10.7. The standard InChI is InChI=1S/C22H13Br2ClFN3O2/c23-18-7-15(8-19(24)21(18)31-12-13-1-4-16(25)5-2-13)11-28-29-22(30)17-6-3-14(10-27)9-20(17)26/h1-9,11H,12H2,(H,29,30)/b28-11-. The Bertz CT molecular complexity index is 1170. The minimum absolute atomic E-state index is 0.130. The number of nitriles is 1. The summed E-state index contributed by atoms with van der Waals surface area (Å²) in [6, 6.07) is 16.3. The molecule has 5 nitrogen and oxygen atoms in total. The molecule has 3 rings (SSSR count). The molecule has 0 fully saturated rings. The van der Waals surface area contributed by atoms with Gasteiger partial charge in [-0.05, 0) is 85.5 Å². The maximum atomic E-state index is 13.9. The summed E-state index contributed by atoms with van der Waals surface area (Å²) in [6.07, 6.45) is 1.41. The highest BCUT2D eigenvalue weighted by Crippen LogP contribution is 2.35. The van der Waals surface area contributed by atoms with Crippen molar-refractivity contribution in [1.82, 2.24) is 5.43 Å². The molecule has 0 atom stereocenters. The number of hydrogen-bond acceptors (Lipinski definition) is 4. The Hall–Kier alpha value is -2.73. The third-order valence-electron chi connectivity index (χ3n) is 4.04. The molecule has 0 bridgehead atoms. The van der Waals surface area contributed by atoms with E-state index in [0.29, 0.717) is 31.9 Å². The molecule has 0 aliphatic carbocycles. The predicted molar refractivity (Wildman–Crippen MR) is 124 cm³/mol. The van der Waals surface area contributed by atoms with Gasteiger partial charge in [-0.3, -0.25) is 4.79 Å². The third-order valence-corrected chi connectivity index (χ3v) is 5.47. The Morgan fingerprint density at radius 2 is 1.84 bits per heavy atom. The van der Waals surface area contributed by atoms with E-state index in [1.165, 1.54) is 18.3 Å². The maximum Gasteiger partial charge on any atom is 0.274 e. The Morgan fingerprint density at radius 3 is 2.45 bits per heavy atom. The van der Waals surface area contributed by atoms with Gasteiger partial charge in [0.1, 0.15) is 18.2 Å². The van der Waals surface area contributed by atoms with Crippen LogP contribution in [0.4, 0.5) is 4.39 Å². The van der Waals surface area contributed by atoms with Crippen molar-refractivity contribution in [2.75, 3.05) is 0 Å². The number of rotatable bonds is 6. The summed E-state index contributed by atoms with van der Waals surface area (Å²) in [7, 11) is 0. The third kappa shape index (κ3) is 6.14. The Balaban J connectivity index is 1.65. The molecular weight excluding hydrogens is 553 g/mol. The van der Waals surface area contributed by atoms with Crippen LogP contribution in [0.1, 0.15) is 27.0 Å². The molecule has 0 saturated heterocycles. The lowest BCUT2D eigenvalue weighted by Gasteiger charge is -2.11. The van der Waals surface area contributed by atoms with Crippen LogP contribution < -0.4 is 10.2 Å². The second-order valence-electron chi connectivity index (χ2n) is 6.23. The molecule has 0 spiro atoms. The topological polar surface area (TPSA) is 74.5 Å². The molecule has 9 heteroatoms. The largest absolute Gasteiger partial charge is 0.487 e. The fraction of sp³-hybridized carbons (Fsp3) is 0.0455. The minimum Gasteiger partial charge on any atom is -0.487 e. The molecule has 0 radical (unpaired) electrons. The van der Waals surface area contributed by atoms with Gasteiger partial charge in [0.2, 0.25) is 0 Å². The number of carbonyl (C=O) groups is 1. The Kier molecular flexibility index (Phi) is 7.80. The van der Waals surface area contributed by atoms with Crippen LogP contribution in [0, 0.1) is 17.1 Å². The molecule has 0 saturated carbocycles. The zero-order chi connectivity index (χ0) is 22.4. The fourth-order valence-electron chi connectivity index (χ4n) is 2.52. The maximum absolute atomic E-state index is 13.9. The van der Waals surface area contributed by atoms with Crippen LogP contribution in [0.2, 0.25) is 5.02 Å². The molecule has 0 aliphatic rings. The van der Waals surface area contributed by atoms with Crippen LogP contribution in [0.15, 0.2) is 68.6 Å². The monoisotopic (exact) mass is 563 g/mol. The van der Waals surface area contributed by atoms with E-state index in [2.05, 4.69) is 42.4 Å². The first-order valence-corrected chi connectivity index (χ1v) is 10.7. The number of benzene rings is 3. The number of nitrogens with one attached hydrogen (secondary N) is 1. The second-order valence-corrected chi connectivity index (χ2v) is 8.38. The van der Waals surface area contributed by atoms with Gasteiger partial charge < -0.3 is 4.74 Å². The lowest BCUT2D eigenvalue weighted by atomic mass is 10.1. The van der Waals surface area contributed by atoms with E-state index >= 15 is 0 Å². The first kappa shape index (κ1) is 22.9. The van der Waals surface area contributed by atoms with Crippen LogP contribution in [-0.2, 0) is 6.61 Å². The first-order valence-electron chi connectivity index (χ1n) is 8.76. The number of carbonyl (C=O) groups excluding carboxylic acids is 1. The smallest absolute Gasteiger partial charge is 0.274 e. The Morgan fingerprint density at radius 1 is 1.16 bits per heavy atom. The van der Waals surface area contributed by atoms with Crippen molar-refractivity contribution in [2.24, 2.45) is 5.10 Å². The highest BCUT2D eigenvalue weighted by molar-refractivity contribution is 9.11. The SMILES string of the molecule is N#Cc1ccc(C(=O)N/N=C\c2cc(Br)c(OCc3ccc(Cl)cc3)c(Br)c2)c(F)c1. The van der Waals surface area contributed by atoms with Gasteiger partial charge in [0.05, 0.1) is 32.4 Å². The number of ether oxygens (including phenoxy) is 1. The van der Waals surface area contributed by atoms with E-state index in [9.17, 15) is 9.18 Å². The molecule has 0 heterocycles. The molecule has 156 valence electrons. The Labute approximate surface area is 199 Å². The van der Waals surface area contributed by atoms with Crippen molar-refractivity contribution in [3.8, 4) is 11.8 Å². The van der Waals surface area contributed by atoms with E-state index < -0.39 is 11.7 Å². The van der Waals surface area contributed by atoms with Crippen molar-refractivity contribution < 1.29 is 13.9 Å². The van der Waals surface area contributed by atoms with Crippen LogP contribution >= 0.6 is 43.5 Å². The molecule has 0 aliphatic heterocycles. The summed E-state index contributed by atoms with van der Waals surface area (Å²) in [6.45, 7) is 0.355. The van der Waals surface area contributed by atoms with Gasteiger partial charge >= 0.3 is 0 Å². The quantitative estimate of drug-likeness (QED) is 0.285. The van der Waals surface area contributed by atoms with E-state index in [4.69, 9.17) is 21.6 Å². The van der Waals surface area contributed by atoms with Crippen LogP contribution in [0.5, 0.6) is 5.75 Å². The van der Waals surface area contributed by atoms with Crippen LogP contribution in [-0.4, -0.2) is 12.1 Å². The molecule has 0 aromatic heterocycles. The number of halogens is 4. The van der Waals surface area contributed by atoms with Gasteiger partial charge in [-0.25, -0.2) is 9.82 Å². The number of amides is 1. The lowest BCUT2D eigenvalue weighted by molar-refractivity contribution is 0.0951. The van der Waals surface area contributed by atoms with Gasteiger partial charge in [-0.15, -0.1) is 0 Å². The van der Waals surface area contributed by atoms with E-state index in [-0.39, 0.29) is 11.1 Å². The number of hydrogen-bond donors (Lipinski definition) is 1. The molecule has 1 N–H and O–H groups in total. The number of hydrazone groups is 1. The summed E-state index contributed by atoms with van der Waals surface area (Å²) in [5, 5.41) is 13.3. The van der Waals surface area contributed by atoms with Gasteiger partial charge in [0.15, 0.2) is 0 Å². The molecule has 31 heavy (non-hydrogen) atoms. The average Bonchev–Trinajstić information content (AvgIpc) is 2.74. The zero-order valence-electron chi connectivity index (χ0n) is 15.7. The van der Waals surface area contributed by atoms with E-state index in [1.54, 1.807) is 24.3 Å². The fourth-order valence-corrected chi connectivity index (χ4v) is 4.10. The molecule has 3 aromatic rings. The van der Waals surface area contributed by atoms with E-state index in [0.717, 1.165) is 11.6 Å². The van der Waals surface area contributed by atoms with Crippen LogP contribution in [0.25, 0.3) is 0 Å². The molecule has 1 amide bonds. The van der Waals surface area contributed by atoms with Gasteiger partial charge in [-0.2, -0.15) is 10.4 Å². The summed E-state index contributed by atoms with van der Waals surface area (Å²) in [5.41, 5.74) is 3.82. The molecule has 0 unspecified atom stereocenters. The van der Waals surface area contributed by atoms with Gasteiger partial charge in [0, 0.05) is 5.02 Å². The van der Waals surface area contributed by atoms with Crippen molar-refractivity contribution in [1.29, 1.82) is 5.26 Å². The summed E-state index contributed by atoms with van der Waals surface area (Å²) >= 11 is 12.8. The predicted octanol–water partition coefficient (Wildman–Crippen LogP) is 6.22. The minimum atomic E-state index is -0.792. The lowest BCUT2D eigenvalue weighted by Crippen LogP contribution is -2.19. The van der Waals surface area contributed by atoms with Crippen molar-refractivity contribution in [3.63, 3.8) is 0 Å². The van der Waals surface area contributed by atoms with Crippen molar-refractivity contribution in [3.05, 3.63) is 96.6 Å². The second kappa shape index (κ2) is 10.5. The number of nitrogens with zero attached hydrogens (tertiary/aromatic N) is 2. The summed E-state index contributed by atoms with van der Waals surface area (Å²) < 4.78 is 21.1. The van der Waals surface area contributed by atoms with Crippen molar-refractivity contribution in [2.45, 2.75) is 6.61 Å². The first-order chi connectivity index (χ1) is 14.9.